The number of aliphatic hydroxyl groups excluding tert-OH is 1. The third-order valence-electron chi connectivity index (χ3n) is 3.23. The van der Waals surface area contributed by atoms with Crippen LogP contribution in [0.1, 0.15) is 25.8 Å². The SMILES string of the molecule is CCC(C)C(=NC)N(/C=C/c1ccc(Br)cc1)CCO. The van der Waals surface area contributed by atoms with Crippen LogP contribution in [0.2, 0.25) is 0 Å². The van der Waals surface area contributed by atoms with E-state index in [1.54, 1.807) is 7.05 Å². The van der Waals surface area contributed by atoms with Gasteiger partial charge in [0.25, 0.3) is 0 Å². The lowest BCUT2D eigenvalue weighted by Gasteiger charge is -2.25. The monoisotopic (exact) mass is 338 g/mol. The molecule has 3 nitrogen and oxygen atoms in total. The molecular weight excluding hydrogens is 316 g/mol. The van der Waals surface area contributed by atoms with Crippen molar-refractivity contribution in [2.24, 2.45) is 10.9 Å². The Morgan fingerprint density at radius 1 is 1.40 bits per heavy atom. The van der Waals surface area contributed by atoms with Crippen LogP contribution < -0.4 is 0 Å². The molecule has 0 aliphatic carbocycles. The average Bonchev–Trinajstić information content (AvgIpc) is 2.46. The summed E-state index contributed by atoms with van der Waals surface area (Å²) in [5.41, 5.74) is 1.12. The summed E-state index contributed by atoms with van der Waals surface area (Å²) in [6.45, 7) is 4.97. The summed E-state index contributed by atoms with van der Waals surface area (Å²) < 4.78 is 1.07. The molecule has 1 aromatic carbocycles. The Morgan fingerprint density at radius 2 is 2.05 bits per heavy atom. The van der Waals surface area contributed by atoms with Gasteiger partial charge in [-0.05, 0) is 30.2 Å². The number of halogens is 1. The normalized spacial score (nSPS) is 13.8. The minimum Gasteiger partial charge on any atom is -0.395 e. The largest absolute Gasteiger partial charge is 0.395 e. The van der Waals surface area contributed by atoms with E-state index in [0.717, 1.165) is 22.3 Å². The predicted molar refractivity (Wildman–Crippen MR) is 89.8 cm³/mol. The molecule has 0 saturated carbocycles. The van der Waals surface area contributed by atoms with Crippen molar-refractivity contribution in [3.05, 3.63) is 40.5 Å². The van der Waals surface area contributed by atoms with E-state index in [2.05, 4.69) is 34.8 Å². The number of aliphatic imine (C=N–C) groups is 1. The summed E-state index contributed by atoms with van der Waals surface area (Å²) in [6, 6.07) is 8.12. The summed E-state index contributed by atoms with van der Waals surface area (Å²) >= 11 is 3.43. The van der Waals surface area contributed by atoms with Gasteiger partial charge in [0.15, 0.2) is 0 Å². The summed E-state index contributed by atoms with van der Waals surface area (Å²) in [7, 11) is 1.80. The van der Waals surface area contributed by atoms with Crippen LogP contribution in [0.15, 0.2) is 39.9 Å². The number of nitrogens with zero attached hydrogens (tertiary/aromatic N) is 2. The molecule has 0 saturated heterocycles. The minimum absolute atomic E-state index is 0.111. The smallest absolute Gasteiger partial charge is 0.105 e. The van der Waals surface area contributed by atoms with Crippen molar-refractivity contribution < 1.29 is 5.11 Å². The van der Waals surface area contributed by atoms with Gasteiger partial charge in [-0.15, -0.1) is 0 Å². The van der Waals surface area contributed by atoms with Crippen molar-refractivity contribution in [3.63, 3.8) is 0 Å². The van der Waals surface area contributed by atoms with Crippen LogP contribution in [0.3, 0.4) is 0 Å². The van der Waals surface area contributed by atoms with Crippen LogP contribution >= 0.6 is 15.9 Å². The zero-order valence-corrected chi connectivity index (χ0v) is 14.0. The molecule has 0 aromatic heterocycles. The molecule has 0 heterocycles. The Bertz CT molecular complexity index is 454. The molecule has 1 rings (SSSR count). The van der Waals surface area contributed by atoms with Crippen LogP contribution in [0, 0.1) is 5.92 Å². The maximum Gasteiger partial charge on any atom is 0.105 e. The third-order valence-corrected chi connectivity index (χ3v) is 3.76. The van der Waals surface area contributed by atoms with Gasteiger partial charge in [-0.25, -0.2) is 0 Å². The van der Waals surface area contributed by atoms with E-state index in [1.165, 1.54) is 0 Å². The van der Waals surface area contributed by atoms with Crippen LogP contribution in [-0.4, -0.2) is 36.0 Å². The molecule has 0 radical (unpaired) electrons. The van der Waals surface area contributed by atoms with E-state index in [0.29, 0.717) is 12.5 Å². The zero-order valence-electron chi connectivity index (χ0n) is 12.4. The van der Waals surface area contributed by atoms with Gasteiger partial charge in [0.2, 0.25) is 0 Å². The van der Waals surface area contributed by atoms with E-state index in [-0.39, 0.29) is 6.61 Å². The van der Waals surface area contributed by atoms with Gasteiger partial charge in [-0.1, -0.05) is 41.9 Å². The van der Waals surface area contributed by atoms with Crippen LogP contribution in [0.4, 0.5) is 0 Å². The van der Waals surface area contributed by atoms with Crippen molar-refractivity contribution in [2.45, 2.75) is 20.3 Å². The fourth-order valence-electron chi connectivity index (χ4n) is 1.94. The maximum absolute atomic E-state index is 9.23. The molecule has 20 heavy (non-hydrogen) atoms. The lowest BCUT2D eigenvalue weighted by Crippen LogP contribution is -2.33. The number of benzene rings is 1. The Labute approximate surface area is 130 Å². The number of amidine groups is 1. The van der Waals surface area contributed by atoms with Crippen LogP contribution in [-0.2, 0) is 0 Å². The second-order valence-corrected chi connectivity index (χ2v) is 5.59. The second kappa shape index (κ2) is 8.93. The number of aliphatic hydroxyl groups is 1. The Morgan fingerprint density at radius 3 is 2.55 bits per heavy atom. The quantitative estimate of drug-likeness (QED) is 0.632. The molecule has 4 heteroatoms. The van der Waals surface area contributed by atoms with Crippen molar-refractivity contribution in [2.75, 3.05) is 20.2 Å². The van der Waals surface area contributed by atoms with Gasteiger partial charge >= 0.3 is 0 Å². The lowest BCUT2D eigenvalue weighted by molar-refractivity contribution is 0.268. The predicted octanol–water partition coefficient (Wildman–Crippen LogP) is 3.79. The van der Waals surface area contributed by atoms with Crippen molar-refractivity contribution in [3.8, 4) is 0 Å². The summed E-state index contributed by atoms with van der Waals surface area (Å²) in [4.78, 5) is 6.40. The molecular formula is C16H23BrN2O. The molecule has 0 aliphatic heterocycles. The minimum atomic E-state index is 0.111. The molecule has 1 unspecified atom stereocenters. The fraction of sp³-hybridized carbons (Fsp3) is 0.438. The molecule has 1 aromatic rings. The Balaban J connectivity index is 2.88. The first-order chi connectivity index (χ1) is 9.62. The Hall–Kier alpha value is -1.13. The highest BCUT2D eigenvalue weighted by Crippen LogP contribution is 2.13. The number of hydrogen-bond acceptors (Lipinski definition) is 2. The molecule has 0 bridgehead atoms. The molecule has 0 amide bonds. The molecule has 0 spiro atoms. The van der Waals surface area contributed by atoms with Gasteiger partial charge in [0, 0.05) is 30.2 Å². The summed E-state index contributed by atoms with van der Waals surface area (Å²) in [5.74, 6) is 1.39. The van der Waals surface area contributed by atoms with Crippen LogP contribution in [0.5, 0.6) is 0 Å². The van der Waals surface area contributed by atoms with Gasteiger partial charge in [-0.2, -0.15) is 0 Å². The van der Waals surface area contributed by atoms with Gasteiger partial charge in [-0.3, -0.25) is 4.99 Å². The van der Waals surface area contributed by atoms with E-state index < -0.39 is 0 Å². The molecule has 1 N–H and O–H groups in total. The highest BCUT2D eigenvalue weighted by atomic mass is 79.9. The summed E-state index contributed by atoms with van der Waals surface area (Å²) in [6.07, 6.45) is 5.06. The van der Waals surface area contributed by atoms with Crippen molar-refractivity contribution in [1.82, 2.24) is 4.90 Å². The maximum atomic E-state index is 9.23. The van der Waals surface area contributed by atoms with Gasteiger partial charge in [0.1, 0.15) is 5.84 Å². The van der Waals surface area contributed by atoms with E-state index in [9.17, 15) is 5.11 Å². The highest BCUT2D eigenvalue weighted by Gasteiger charge is 2.13. The van der Waals surface area contributed by atoms with Gasteiger partial charge < -0.3 is 10.0 Å². The summed E-state index contributed by atoms with van der Waals surface area (Å²) in [5, 5.41) is 9.23. The molecule has 0 aliphatic rings. The zero-order chi connectivity index (χ0) is 15.0. The van der Waals surface area contributed by atoms with Crippen molar-refractivity contribution in [1.29, 1.82) is 0 Å². The van der Waals surface area contributed by atoms with E-state index in [1.807, 2.05) is 41.4 Å². The number of hydrogen-bond donors (Lipinski definition) is 1. The Kier molecular flexibility index (Phi) is 7.55. The number of rotatable bonds is 6. The first-order valence-corrected chi connectivity index (χ1v) is 7.69. The average molecular weight is 339 g/mol. The third kappa shape index (κ3) is 5.10. The topological polar surface area (TPSA) is 35.8 Å². The molecule has 110 valence electrons. The first kappa shape index (κ1) is 16.9. The van der Waals surface area contributed by atoms with Crippen molar-refractivity contribution >= 4 is 27.8 Å². The standard InChI is InChI=1S/C16H23BrN2O/c1-4-13(2)16(18-3)19(11-12-20)10-9-14-5-7-15(17)8-6-14/h5-10,13,20H,4,11-12H2,1-3H3/b10-9+,18-16?. The highest BCUT2D eigenvalue weighted by molar-refractivity contribution is 9.10. The fourth-order valence-corrected chi connectivity index (χ4v) is 2.20. The second-order valence-electron chi connectivity index (χ2n) is 4.68. The van der Waals surface area contributed by atoms with E-state index >= 15 is 0 Å². The van der Waals surface area contributed by atoms with Gasteiger partial charge in [0.05, 0.1) is 6.61 Å². The first-order valence-electron chi connectivity index (χ1n) is 6.90. The van der Waals surface area contributed by atoms with Crippen LogP contribution in [0.25, 0.3) is 6.08 Å². The molecule has 1 atom stereocenters. The lowest BCUT2D eigenvalue weighted by atomic mass is 10.1. The molecule has 0 fully saturated rings. The van der Waals surface area contributed by atoms with E-state index in [4.69, 9.17) is 0 Å².